The summed E-state index contributed by atoms with van der Waals surface area (Å²) in [4.78, 5) is 8.89. The average molecular weight is 266 g/mol. The lowest BCUT2D eigenvalue weighted by atomic mass is 10.1. The van der Waals surface area contributed by atoms with E-state index in [1.54, 1.807) is 4.68 Å². The molecule has 3 rings (SSSR count). The minimum atomic E-state index is 0.542. The molecular weight excluding hydrogens is 252 g/mol. The molecular formula is C14H14N6. The van der Waals surface area contributed by atoms with Gasteiger partial charge in [0.25, 0.3) is 0 Å². The lowest BCUT2D eigenvalue weighted by Gasteiger charge is -2.06. The number of hydrogen-bond donors (Lipinski definition) is 2. The van der Waals surface area contributed by atoms with Crippen LogP contribution < -0.4 is 11.3 Å². The molecule has 0 saturated carbocycles. The predicted octanol–water partition coefficient (Wildman–Crippen LogP) is 1.83. The number of nitrogens with one attached hydrogen (secondary N) is 1. The van der Waals surface area contributed by atoms with Gasteiger partial charge in [-0.05, 0) is 6.07 Å². The summed E-state index contributed by atoms with van der Waals surface area (Å²) in [6.07, 6.45) is 1.85. The summed E-state index contributed by atoms with van der Waals surface area (Å²) in [5.41, 5.74) is 5.08. The number of benzene rings is 1. The highest BCUT2D eigenvalue weighted by molar-refractivity contribution is 5.65. The number of aromatic nitrogens is 4. The van der Waals surface area contributed by atoms with Gasteiger partial charge in [0.1, 0.15) is 11.5 Å². The molecule has 0 saturated heterocycles. The molecule has 0 aliphatic rings. The van der Waals surface area contributed by atoms with Crippen LogP contribution in [-0.2, 0) is 7.05 Å². The first-order chi connectivity index (χ1) is 9.76. The summed E-state index contributed by atoms with van der Waals surface area (Å²) in [7, 11) is 1.85. The minimum absolute atomic E-state index is 0.542. The number of anilines is 1. The van der Waals surface area contributed by atoms with Gasteiger partial charge in [-0.15, -0.1) is 0 Å². The maximum atomic E-state index is 5.48. The smallest absolute Gasteiger partial charge is 0.182 e. The first-order valence-electron chi connectivity index (χ1n) is 6.17. The molecule has 0 amide bonds. The normalized spacial score (nSPS) is 10.5. The molecule has 6 nitrogen and oxygen atoms in total. The second-order valence-electron chi connectivity index (χ2n) is 4.35. The molecule has 1 aromatic carbocycles. The third-order valence-corrected chi connectivity index (χ3v) is 2.89. The Kier molecular flexibility index (Phi) is 3.14. The maximum absolute atomic E-state index is 5.48. The van der Waals surface area contributed by atoms with Crippen molar-refractivity contribution in [1.29, 1.82) is 0 Å². The Balaban J connectivity index is 2.12. The maximum Gasteiger partial charge on any atom is 0.182 e. The third kappa shape index (κ3) is 2.36. The Labute approximate surface area is 116 Å². The van der Waals surface area contributed by atoms with Crippen molar-refractivity contribution in [3.63, 3.8) is 0 Å². The van der Waals surface area contributed by atoms with Crippen LogP contribution >= 0.6 is 0 Å². The van der Waals surface area contributed by atoms with Crippen LogP contribution in [0.1, 0.15) is 0 Å². The van der Waals surface area contributed by atoms with Gasteiger partial charge in [0.05, 0.1) is 5.69 Å². The highest BCUT2D eigenvalue weighted by Crippen LogP contribution is 2.22. The van der Waals surface area contributed by atoms with Crippen LogP contribution in [0.5, 0.6) is 0 Å². The minimum Gasteiger partial charge on any atom is -0.308 e. The largest absolute Gasteiger partial charge is 0.308 e. The van der Waals surface area contributed by atoms with Gasteiger partial charge in [0.15, 0.2) is 5.82 Å². The molecule has 2 aromatic heterocycles. The van der Waals surface area contributed by atoms with E-state index < -0.39 is 0 Å². The van der Waals surface area contributed by atoms with E-state index in [0.717, 1.165) is 11.3 Å². The number of rotatable bonds is 3. The standard InChI is InChI=1S/C14H14N6/c1-20-8-7-11(19-20)14-16-12(9-13(17-14)18-15)10-5-3-2-4-6-10/h2-9H,15H2,1H3,(H,16,17,18). The van der Waals surface area contributed by atoms with Crippen molar-refractivity contribution in [3.05, 3.63) is 48.7 Å². The quantitative estimate of drug-likeness (QED) is 0.558. The Morgan fingerprint density at radius 2 is 1.85 bits per heavy atom. The van der Waals surface area contributed by atoms with Gasteiger partial charge < -0.3 is 5.43 Å². The molecule has 0 fully saturated rings. The van der Waals surface area contributed by atoms with Gasteiger partial charge in [-0.3, -0.25) is 4.68 Å². The molecule has 0 unspecified atom stereocenters. The zero-order chi connectivity index (χ0) is 13.9. The van der Waals surface area contributed by atoms with Gasteiger partial charge in [0.2, 0.25) is 0 Å². The number of nitrogen functional groups attached to an aromatic ring is 1. The van der Waals surface area contributed by atoms with Gasteiger partial charge in [0, 0.05) is 24.9 Å². The Hall–Kier alpha value is -2.73. The van der Waals surface area contributed by atoms with Crippen molar-refractivity contribution in [1.82, 2.24) is 19.7 Å². The van der Waals surface area contributed by atoms with Crippen molar-refractivity contribution in [2.24, 2.45) is 12.9 Å². The molecule has 3 aromatic rings. The van der Waals surface area contributed by atoms with E-state index >= 15 is 0 Å². The molecule has 6 heteroatoms. The second-order valence-corrected chi connectivity index (χ2v) is 4.35. The molecule has 20 heavy (non-hydrogen) atoms. The Morgan fingerprint density at radius 3 is 2.50 bits per heavy atom. The zero-order valence-electron chi connectivity index (χ0n) is 11.0. The lowest BCUT2D eigenvalue weighted by molar-refractivity contribution is 0.768. The van der Waals surface area contributed by atoms with Crippen LogP contribution in [0.2, 0.25) is 0 Å². The highest BCUT2D eigenvalue weighted by Gasteiger charge is 2.10. The number of aryl methyl sites for hydroxylation is 1. The molecule has 0 bridgehead atoms. The fraction of sp³-hybridized carbons (Fsp3) is 0.0714. The molecule has 0 spiro atoms. The monoisotopic (exact) mass is 266 g/mol. The summed E-state index contributed by atoms with van der Waals surface area (Å²) in [6.45, 7) is 0. The fourth-order valence-corrected chi connectivity index (χ4v) is 1.93. The SMILES string of the molecule is Cn1ccc(-c2nc(NN)cc(-c3ccccc3)n2)n1. The van der Waals surface area contributed by atoms with Gasteiger partial charge in [-0.2, -0.15) is 5.10 Å². The summed E-state index contributed by atoms with van der Waals surface area (Å²) in [5, 5.41) is 4.31. The molecule has 0 radical (unpaired) electrons. The average Bonchev–Trinajstić information content (AvgIpc) is 2.94. The topological polar surface area (TPSA) is 81.7 Å². The number of hydrogen-bond acceptors (Lipinski definition) is 5. The van der Waals surface area contributed by atoms with Crippen molar-refractivity contribution in [2.75, 3.05) is 5.43 Å². The van der Waals surface area contributed by atoms with Gasteiger partial charge in [-0.25, -0.2) is 15.8 Å². The zero-order valence-corrected chi connectivity index (χ0v) is 11.0. The fourth-order valence-electron chi connectivity index (χ4n) is 1.93. The summed E-state index contributed by atoms with van der Waals surface area (Å²) < 4.78 is 1.71. The van der Waals surface area contributed by atoms with Crippen molar-refractivity contribution in [2.45, 2.75) is 0 Å². The van der Waals surface area contributed by atoms with Crippen LogP contribution in [0.25, 0.3) is 22.8 Å². The van der Waals surface area contributed by atoms with Crippen molar-refractivity contribution >= 4 is 5.82 Å². The molecule has 0 aliphatic heterocycles. The van der Waals surface area contributed by atoms with Crippen molar-refractivity contribution in [3.8, 4) is 22.8 Å². The summed E-state index contributed by atoms with van der Waals surface area (Å²) in [6, 6.07) is 13.6. The Bertz CT molecular complexity index is 720. The molecule has 0 aliphatic carbocycles. The summed E-state index contributed by atoms with van der Waals surface area (Å²) >= 11 is 0. The number of nitrogens with zero attached hydrogens (tertiary/aromatic N) is 4. The van der Waals surface area contributed by atoms with E-state index in [4.69, 9.17) is 5.84 Å². The van der Waals surface area contributed by atoms with Crippen LogP contribution in [-0.4, -0.2) is 19.7 Å². The third-order valence-electron chi connectivity index (χ3n) is 2.89. The number of hydrazine groups is 1. The van der Waals surface area contributed by atoms with E-state index in [1.807, 2.05) is 55.7 Å². The van der Waals surface area contributed by atoms with E-state index in [9.17, 15) is 0 Å². The van der Waals surface area contributed by atoms with E-state index in [1.165, 1.54) is 0 Å². The Morgan fingerprint density at radius 1 is 1.05 bits per heavy atom. The molecule has 2 heterocycles. The van der Waals surface area contributed by atoms with Crippen LogP contribution in [0, 0.1) is 0 Å². The van der Waals surface area contributed by atoms with Gasteiger partial charge in [-0.1, -0.05) is 30.3 Å². The highest BCUT2D eigenvalue weighted by atomic mass is 15.3. The van der Waals surface area contributed by atoms with Crippen molar-refractivity contribution < 1.29 is 0 Å². The van der Waals surface area contributed by atoms with Crippen LogP contribution in [0.3, 0.4) is 0 Å². The first kappa shape index (κ1) is 12.3. The lowest BCUT2D eigenvalue weighted by Crippen LogP contribution is -2.10. The first-order valence-corrected chi connectivity index (χ1v) is 6.17. The van der Waals surface area contributed by atoms with E-state index in [0.29, 0.717) is 17.3 Å². The summed E-state index contributed by atoms with van der Waals surface area (Å²) in [5.74, 6) is 6.58. The molecule has 100 valence electrons. The van der Waals surface area contributed by atoms with E-state index in [-0.39, 0.29) is 0 Å². The molecule has 0 atom stereocenters. The molecule has 3 N–H and O–H groups in total. The van der Waals surface area contributed by atoms with E-state index in [2.05, 4.69) is 20.5 Å². The second kappa shape index (κ2) is 5.10. The van der Waals surface area contributed by atoms with Crippen LogP contribution in [0.4, 0.5) is 5.82 Å². The number of nitrogens with two attached hydrogens (primary N) is 1. The van der Waals surface area contributed by atoms with Gasteiger partial charge >= 0.3 is 0 Å². The predicted molar refractivity (Wildman–Crippen MR) is 77.5 cm³/mol. The van der Waals surface area contributed by atoms with Crippen LogP contribution in [0.15, 0.2) is 48.7 Å².